The Morgan fingerprint density at radius 1 is 1.25 bits per heavy atom. The van der Waals surface area contributed by atoms with Gasteiger partial charge in [-0.3, -0.25) is 0 Å². The number of nitrogen functional groups attached to an aromatic ring is 1. The molecule has 5 heteroatoms. The standard InChI is InChI=1S/C15H15Cl2N3/c16-11-7-14(17)15(19-8-11)20(13-4-5-13)9-10-2-1-3-12(18)6-10/h1-3,6-8,13H,4-5,9,18H2. The van der Waals surface area contributed by atoms with Crippen LogP contribution in [0.25, 0.3) is 0 Å². The van der Waals surface area contributed by atoms with Crippen LogP contribution < -0.4 is 10.6 Å². The van der Waals surface area contributed by atoms with Crippen LogP contribution in [0.1, 0.15) is 18.4 Å². The molecule has 1 aromatic carbocycles. The van der Waals surface area contributed by atoms with Crippen molar-refractivity contribution in [3.05, 3.63) is 52.1 Å². The fourth-order valence-corrected chi connectivity index (χ4v) is 2.76. The number of rotatable bonds is 4. The summed E-state index contributed by atoms with van der Waals surface area (Å²) in [4.78, 5) is 6.62. The van der Waals surface area contributed by atoms with Gasteiger partial charge in [0.2, 0.25) is 0 Å². The molecule has 2 N–H and O–H groups in total. The molecule has 1 aliphatic rings. The quantitative estimate of drug-likeness (QED) is 0.863. The van der Waals surface area contributed by atoms with E-state index in [0.29, 0.717) is 16.1 Å². The molecule has 1 fully saturated rings. The molecular formula is C15H15Cl2N3. The highest BCUT2D eigenvalue weighted by Crippen LogP contribution is 2.36. The maximum absolute atomic E-state index is 6.28. The second kappa shape index (κ2) is 5.51. The first kappa shape index (κ1) is 13.5. The topological polar surface area (TPSA) is 42.1 Å². The van der Waals surface area contributed by atoms with Crippen LogP contribution in [-0.2, 0) is 6.54 Å². The van der Waals surface area contributed by atoms with E-state index >= 15 is 0 Å². The second-order valence-corrected chi connectivity index (χ2v) is 5.91. The molecule has 0 bridgehead atoms. The summed E-state index contributed by atoms with van der Waals surface area (Å²) < 4.78 is 0. The first-order chi connectivity index (χ1) is 9.63. The Labute approximate surface area is 128 Å². The van der Waals surface area contributed by atoms with Gasteiger partial charge in [-0.1, -0.05) is 35.3 Å². The van der Waals surface area contributed by atoms with Crippen molar-refractivity contribution in [3.8, 4) is 0 Å². The van der Waals surface area contributed by atoms with E-state index in [0.717, 1.165) is 23.6 Å². The number of nitrogens with zero attached hydrogens (tertiary/aromatic N) is 2. The molecule has 0 spiro atoms. The lowest BCUT2D eigenvalue weighted by Gasteiger charge is -2.24. The summed E-state index contributed by atoms with van der Waals surface area (Å²) in [6, 6.07) is 10.1. The largest absolute Gasteiger partial charge is 0.399 e. The van der Waals surface area contributed by atoms with E-state index in [1.54, 1.807) is 12.3 Å². The van der Waals surface area contributed by atoms with Gasteiger partial charge in [-0.25, -0.2) is 4.98 Å². The Morgan fingerprint density at radius 2 is 2.05 bits per heavy atom. The number of nitrogens with two attached hydrogens (primary N) is 1. The molecule has 0 unspecified atom stereocenters. The predicted molar refractivity (Wildman–Crippen MR) is 84.3 cm³/mol. The molecule has 0 saturated heterocycles. The summed E-state index contributed by atoms with van der Waals surface area (Å²) in [5.74, 6) is 0.793. The lowest BCUT2D eigenvalue weighted by Crippen LogP contribution is -2.26. The van der Waals surface area contributed by atoms with E-state index in [9.17, 15) is 0 Å². The Hall–Kier alpha value is -1.45. The van der Waals surface area contributed by atoms with Gasteiger partial charge in [-0.15, -0.1) is 0 Å². The first-order valence-electron chi connectivity index (χ1n) is 6.55. The zero-order valence-corrected chi connectivity index (χ0v) is 12.4. The average molecular weight is 308 g/mol. The van der Waals surface area contributed by atoms with E-state index in [2.05, 4.69) is 16.0 Å². The van der Waals surface area contributed by atoms with E-state index < -0.39 is 0 Å². The maximum Gasteiger partial charge on any atom is 0.148 e. The third-order valence-electron chi connectivity index (χ3n) is 3.35. The minimum absolute atomic E-state index is 0.502. The first-order valence-corrected chi connectivity index (χ1v) is 7.31. The van der Waals surface area contributed by atoms with Crippen molar-refractivity contribution in [2.75, 3.05) is 10.6 Å². The van der Waals surface area contributed by atoms with Gasteiger partial charge in [-0.2, -0.15) is 0 Å². The van der Waals surface area contributed by atoms with Gasteiger partial charge < -0.3 is 10.6 Å². The molecule has 0 atom stereocenters. The third-order valence-corrected chi connectivity index (χ3v) is 3.84. The average Bonchev–Trinajstić information content (AvgIpc) is 3.21. The molecule has 0 radical (unpaired) electrons. The van der Waals surface area contributed by atoms with Crippen molar-refractivity contribution in [1.82, 2.24) is 4.98 Å². The van der Waals surface area contributed by atoms with E-state index in [1.165, 1.54) is 12.8 Å². The molecule has 3 rings (SSSR count). The van der Waals surface area contributed by atoms with Crippen molar-refractivity contribution in [3.63, 3.8) is 0 Å². The minimum Gasteiger partial charge on any atom is -0.399 e. The Morgan fingerprint density at radius 3 is 2.70 bits per heavy atom. The van der Waals surface area contributed by atoms with Crippen LogP contribution in [0.3, 0.4) is 0 Å². The fraction of sp³-hybridized carbons (Fsp3) is 0.267. The molecule has 0 amide bonds. The van der Waals surface area contributed by atoms with Crippen molar-refractivity contribution in [2.24, 2.45) is 0 Å². The van der Waals surface area contributed by atoms with Crippen molar-refractivity contribution in [2.45, 2.75) is 25.4 Å². The van der Waals surface area contributed by atoms with Crippen LogP contribution in [0.2, 0.25) is 10.0 Å². The SMILES string of the molecule is Nc1cccc(CN(c2ncc(Cl)cc2Cl)C2CC2)c1. The number of anilines is 2. The molecule has 0 aliphatic heterocycles. The molecule has 1 aliphatic carbocycles. The Kier molecular flexibility index (Phi) is 3.72. The molecule has 2 aromatic rings. The minimum atomic E-state index is 0.502. The Bertz CT molecular complexity index is 626. The van der Waals surface area contributed by atoms with Crippen LogP contribution in [0.4, 0.5) is 11.5 Å². The van der Waals surface area contributed by atoms with Gasteiger partial charge in [0.1, 0.15) is 5.82 Å². The highest BCUT2D eigenvalue weighted by Gasteiger charge is 2.31. The van der Waals surface area contributed by atoms with Gasteiger partial charge in [-0.05, 0) is 36.6 Å². The summed E-state index contributed by atoms with van der Waals surface area (Å²) in [7, 11) is 0. The number of pyridine rings is 1. The van der Waals surface area contributed by atoms with E-state index in [4.69, 9.17) is 28.9 Å². The smallest absolute Gasteiger partial charge is 0.148 e. The molecule has 1 aromatic heterocycles. The van der Waals surface area contributed by atoms with Crippen molar-refractivity contribution >= 4 is 34.7 Å². The third kappa shape index (κ3) is 3.00. The number of hydrogen-bond donors (Lipinski definition) is 1. The summed E-state index contributed by atoms with van der Waals surface area (Å²) in [6.45, 7) is 0.754. The lowest BCUT2D eigenvalue weighted by atomic mass is 10.2. The van der Waals surface area contributed by atoms with Crippen molar-refractivity contribution in [1.29, 1.82) is 0 Å². The highest BCUT2D eigenvalue weighted by atomic mass is 35.5. The molecule has 104 valence electrons. The van der Waals surface area contributed by atoms with Crippen LogP contribution >= 0.6 is 23.2 Å². The maximum atomic E-state index is 6.28. The monoisotopic (exact) mass is 307 g/mol. The molecule has 1 heterocycles. The molecule has 1 saturated carbocycles. The second-order valence-electron chi connectivity index (χ2n) is 5.06. The van der Waals surface area contributed by atoms with E-state index in [1.807, 2.05) is 18.2 Å². The van der Waals surface area contributed by atoms with Gasteiger partial charge in [0.05, 0.1) is 10.0 Å². The Balaban J connectivity index is 1.89. The van der Waals surface area contributed by atoms with Gasteiger partial charge in [0.15, 0.2) is 0 Å². The van der Waals surface area contributed by atoms with Crippen molar-refractivity contribution < 1.29 is 0 Å². The highest BCUT2D eigenvalue weighted by molar-refractivity contribution is 6.36. The zero-order chi connectivity index (χ0) is 14.1. The molecule has 20 heavy (non-hydrogen) atoms. The van der Waals surface area contributed by atoms with E-state index in [-0.39, 0.29) is 0 Å². The van der Waals surface area contributed by atoms with Crippen LogP contribution in [0.15, 0.2) is 36.5 Å². The number of halogens is 2. The number of hydrogen-bond acceptors (Lipinski definition) is 3. The van der Waals surface area contributed by atoms with Gasteiger partial charge in [0, 0.05) is 24.5 Å². The number of aromatic nitrogens is 1. The summed E-state index contributed by atoms with van der Waals surface area (Å²) in [6.07, 6.45) is 3.98. The number of benzene rings is 1. The summed E-state index contributed by atoms with van der Waals surface area (Å²) >= 11 is 12.2. The van der Waals surface area contributed by atoms with Crippen LogP contribution in [-0.4, -0.2) is 11.0 Å². The lowest BCUT2D eigenvalue weighted by molar-refractivity contribution is 0.779. The summed E-state index contributed by atoms with van der Waals surface area (Å²) in [5.41, 5.74) is 7.77. The zero-order valence-electron chi connectivity index (χ0n) is 10.9. The van der Waals surface area contributed by atoms with Crippen LogP contribution in [0, 0.1) is 0 Å². The fourth-order valence-electron chi connectivity index (χ4n) is 2.27. The summed E-state index contributed by atoms with van der Waals surface area (Å²) in [5, 5.41) is 1.15. The van der Waals surface area contributed by atoms with Gasteiger partial charge >= 0.3 is 0 Å². The normalized spacial score (nSPS) is 14.3. The van der Waals surface area contributed by atoms with Gasteiger partial charge in [0.25, 0.3) is 0 Å². The molecule has 3 nitrogen and oxygen atoms in total. The van der Waals surface area contributed by atoms with Crippen LogP contribution in [0.5, 0.6) is 0 Å². The predicted octanol–water partition coefficient (Wildman–Crippen LogP) is 4.14. The molecular weight excluding hydrogens is 293 g/mol.